The van der Waals surface area contributed by atoms with Gasteiger partial charge in [-0.05, 0) is 0 Å². The molecule has 0 rings (SSSR count). The molecule has 0 aromatic rings. The Morgan fingerprint density at radius 2 is 0.375 bits per heavy atom. The average Bonchev–Trinajstić information content (AvgIpc) is 0. The van der Waals surface area contributed by atoms with Crippen LogP contribution in [0.25, 0.3) is 0 Å². The van der Waals surface area contributed by atoms with Crippen LogP contribution in [0.15, 0.2) is 0 Å². The van der Waals surface area contributed by atoms with E-state index in [9.17, 15) is 0 Å². The summed E-state index contributed by atoms with van der Waals surface area (Å²) < 4.78 is 0. The van der Waals surface area contributed by atoms with E-state index in [4.69, 9.17) is 0 Å². The Hall–Kier alpha value is 1.58. The van der Waals surface area contributed by atoms with Gasteiger partial charge in [0.1, 0.15) is 0 Å². The molecule has 6 nitrogen and oxygen atoms in total. The molecule has 3 radical (unpaired) electrons. The first-order chi connectivity index (χ1) is 0. The molecule has 0 fully saturated rings. The standard InChI is InChI=1S/Na.6H2O.Sb/h;6*1H2;/q+1;;;;;;;/p-6. The molecule has 53 valence electrons. The first-order valence-corrected chi connectivity index (χ1v) is 0. The Bertz CT molecular complexity index is 8.49. The van der Waals surface area contributed by atoms with Crippen molar-refractivity contribution in [2.24, 2.45) is 0 Å². The molecule has 0 saturated heterocycles. The fourth-order valence-corrected chi connectivity index (χ4v) is 0. The predicted octanol–water partition coefficient (Wildman–Crippen LogP) is -4.44. The molecule has 8 heteroatoms. The van der Waals surface area contributed by atoms with Crippen LogP contribution in [0.4, 0.5) is 0 Å². The van der Waals surface area contributed by atoms with E-state index in [-0.39, 0.29) is 86.8 Å². The van der Waals surface area contributed by atoms with E-state index in [0.717, 1.165) is 0 Å². The van der Waals surface area contributed by atoms with Gasteiger partial charge in [0.2, 0.25) is 0 Å². The van der Waals surface area contributed by atoms with Crippen LogP contribution in [0.2, 0.25) is 0 Å². The molecule has 0 saturated carbocycles. The average molecular weight is 247 g/mol. The Balaban J connectivity index is 0. The van der Waals surface area contributed by atoms with Gasteiger partial charge in [-0.15, -0.1) is 0 Å². The van der Waals surface area contributed by atoms with Crippen LogP contribution in [0.5, 0.6) is 0 Å². The maximum absolute atomic E-state index is 0. The van der Waals surface area contributed by atoms with Crippen LogP contribution in [0.1, 0.15) is 0 Å². The minimum Gasteiger partial charge on any atom is -0.870 e. The van der Waals surface area contributed by atoms with Crippen molar-refractivity contribution in [3.8, 4) is 0 Å². The SMILES string of the molecule is [Na+].[OH-].[OH-].[OH-].[OH-].[OH-].[OH-].[Sb]. The van der Waals surface area contributed by atoms with Crippen LogP contribution < -0.4 is 29.6 Å². The van der Waals surface area contributed by atoms with E-state index in [1.54, 1.807) is 0 Å². The Kier molecular flexibility index (Phi) is 7000. The normalized spacial score (nSPS) is 0. The fraction of sp³-hybridized carbons (Fsp3) is 0. The third-order valence-corrected chi connectivity index (χ3v) is 0. The van der Waals surface area contributed by atoms with Crippen molar-refractivity contribution < 1.29 is 62.4 Å². The molecule has 0 amide bonds. The minimum atomic E-state index is 0. The molecular weight excluding hydrogens is 241 g/mol. The van der Waals surface area contributed by atoms with Gasteiger partial charge in [0.25, 0.3) is 0 Å². The minimum absolute atomic E-state index is 0. The van der Waals surface area contributed by atoms with Gasteiger partial charge in [0.05, 0.1) is 0 Å². The predicted molar refractivity (Wildman–Crippen MR) is 17.4 cm³/mol. The summed E-state index contributed by atoms with van der Waals surface area (Å²) in [7, 11) is 0. The zero-order valence-electron chi connectivity index (χ0n) is 4.13. The van der Waals surface area contributed by atoms with E-state index in [2.05, 4.69) is 0 Å². The molecular formula is H6NaO6Sb-5. The van der Waals surface area contributed by atoms with Crippen molar-refractivity contribution in [3.63, 3.8) is 0 Å². The van der Waals surface area contributed by atoms with Crippen molar-refractivity contribution in [1.29, 1.82) is 0 Å². The third-order valence-electron chi connectivity index (χ3n) is 0. The van der Waals surface area contributed by atoms with Gasteiger partial charge in [-0.25, -0.2) is 0 Å². The van der Waals surface area contributed by atoms with E-state index in [1.807, 2.05) is 0 Å². The maximum Gasteiger partial charge on any atom is 1.00 e. The van der Waals surface area contributed by atoms with Crippen LogP contribution >= 0.6 is 0 Å². The summed E-state index contributed by atoms with van der Waals surface area (Å²) in [6, 6.07) is 0. The molecule has 0 aromatic carbocycles. The van der Waals surface area contributed by atoms with Gasteiger partial charge < -0.3 is 32.9 Å². The summed E-state index contributed by atoms with van der Waals surface area (Å²) in [6.07, 6.45) is 0. The molecule has 0 atom stereocenters. The molecule has 6 N–H and O–H groups in total. The smallest absolute Gasteiger partial charge is 0.870 e. The zero-order chi connectivity index (χ0) is 0. The molecule has 0 unspecified atom stereocenters. The Morgan fingerprint density at radius 3 is 0.375 bits per heavy atom. The second kappa shape index (κ2) is 198. The molecule has 0 aliphatic heterocycles. The summed E-state index contributed by atoms with van der Waals surface area (Å²) in [5, 5.41) is 0. The number of hydrogen-bond acceptors (Lipinski definition) is 6. The van der Waals surface area contributed by atoms with Gasteiger partial charge in [-0.1, -0.05) is 0 Å². The van der Waals surface area contributed by atoms with Crippen LogP contribution in [-0.4, -0.2) is 57.3 Å². The summed E-state index contributed by atoms with van der Waals surface area (Å²) in [6.45, 7) is 0. The van der Waals surface area contributed by atoms with E-state index in [0.29, 0.717) is 0 Å². The monoisotopic (exact) mass is 246 g/mol. The van der Waals surface area contributed by atoms with Crippen molar-refractivity contribution in [1.82, 2.24) is 0 Å². The first kappa shape index (κ1) is 283. The molecule has 0 bridgehead atoms. The largest absolute Gasteiger partial charge is 1.00 e. The van der Waals surface area contributed by atoms with Crippen molar-refractivity contribution in [2.75, 3.05) is 0 Å². The summed E-state index contributed by atoms with van der Waals surface area (Å²) in [4.78, 5) is 0. The summed E-state index contributed by atoms with van der Waals surface area (Å²) in [5.41, 5.74) is 0. The fourth-order valence-electron chi connectivity index (χ4n) is 0. The van der Waals surface area contributed by atoms with Crippen LogP contribution in [0, 0.1) is 0 Å². The molecule has 0 heterocycles. The topological polar surface area (TPSA) is 180 Å². The van der Waals surface area contributed by atoms with Gasteiger partial charge in [0, 0.05) is 24.4 Å². The van der Waals surface area contributed by atoms with Crippen LogP contribution in [0.3, 0.4) is 0 Å². The van der Waals surface area contributed by atoms with Gasteiger partial charge in [0.15, 0.2) is 0 Å². The van der Waals surface area contributed by atoms with Gasteiger partial charge in [-0.3, -0.25) is 0 Å². The van der Waals surface area contributed by atoms with Crippen molar-refractivity contribution in [2.45, 2.75) is 0 Å². The number of hydrogen-bond donors (Lipinski definition) is 0. The van der Waals surface area contributed by atoms with Gasteiger partial charge in [-0.2, -0.15) is 0 Å². The van der Waals surface area contributed by atoms with Crippen LogP contribution in [-0.2, 0) is 0 Å². The van der Waals surface area contributed by atoms with E-state index >= 15 is 0 Å². The summed E-state index contributed by atoms with van der Waals surface area (Å²) >= 11 is 0. The molecule has 0 aliphatic carbocycles. The Labute approximate surface area is 86.2 Å². The van der Waals surface area contributed by atoms with E-state index < -0.39 is 0 Å². The quantitative estimate of drug-likeness (QED) is 0.389. The third kappa shape index (κ3) is 132. The second-order valence-electron chi connectivity index (χ2n) is 0. The zero-order valence-corrected chi connectivity index (χ0v) is 8.68. The van der Waals surface area contributed by atoms with Gasteiger partial charge >= 0.3 is 29.6 Å². The molecule has 0 aliphatic rings. The van der Waals surface area contributed by atoms with Crippen molar-refractivity contribution >= 4 is 24.4 Å². The van der Waals surface area contributed by atoms with E-state index in [1.165, 1.54) is 0 Å². The maximum atomic E-state index is 0. The first-order valence-electron chi connectivity index (χ1n) is 0. The Morgan fingerprint density at radius 1 is 0.375 bits per heavy atom. The molecule has 0 aromatic heterocycles. The second-order valence-corrected chi connectivity index (χ2v) is 0. The molecule has 8 heavy (non-hydrogen) atoms. The number of rotatable bonds is 0. The molecule has 0 spiro atoms. The summed E-state index contributed by atoms with van der Waals surface area (Å²) in [5.74, 6) is 0. The van der Waals surface area contributed by atoms with Crippen molar-refractivity contribution in [3.05, 3.63) is 0 Å².